The Hall–Kier alpha value is -2.60. The molecule has 3 rings (SSSR count). The summed E-state index contributed by atoms with van der Waals surface area (Å²) in [5.41, 5.74) is 1.98. The van der Waals surface area contributed by atoms with Crippen LogP contribution in [0.15, 0.2) is 42.7 Å². The van der Waals surface area contributed by atoms with E-state index < -0.39 is 0 Å². The largest absolute Gasteiger partial charge is 0.493 e. The Bertz CT molecular complexity index is 746. The van der Waals surface area contributed by atoms with E-state index >= 15 is 0 Å². The smallest absolute Gasteiger partial charge is 0.220 e. The molecule has 2 heterocycles. The second-order valence-electron chi connectivity index (χ2n) is 7.14. The van der Waals surface area contributed by atoms with Crippen molar-refractivity contribution < 1.29 is 14.3 Å². The van der Waals surface area contributed by atoms with Gasteiger partial charge < -0.3 is 20.1 Å². The lowest BCUT2D eigenvalue weighted by Gasteiger charge is -2.22. The van der Waals surface area contributed by atoms with Crippen LogP contribution in [-0.2, 0) is 17.9 Å². The molecular weight excluding hydrogens is 354 g/mol. The predicted molar refractivity (Wildman–Crippen MR) is 108 cm³/mol. The van der Waals surface area contributed by atoms with Crippen LogP contribution in [0.5, 0.6) is 11.5 Å². The van der Waals surface area contributed by atoms with Gasteiger partial charge in [-0.1, -0.05) is 12.1 Å². The zero-order chi connectivity index (χ0) is 19.6. The number of nitrogens with zero attached hydrogens (tertiary/aromatic N) is 1. The van der Waals surface area contributed by atoms with Gasteiger partial charge in [-0.05, 0) is 62.0 Å². The van der Waals surface area contributed by atoms with Crippen LogP contribution >= 0.6 is 0 Å². The van der Waals surface area contributed by atoms with Gasteiger partial charge in [0, 0.05) is 30.9 Å². The number of carbonyl (C=O) groups is 1. The van der Waals surface area contributed by atoms with Crippen molar-refractivity contribution in [1.29, 1.82) is 0 Å². The van der Waals surface area contributed by atoms with Crippen LogP contribution in [0.25, 0.3) is 0 Å². The van der Waals surface area contributed by atoms with Gasteiger partial charge in [-0.25, -0.2) is 0 Å². The van der Waals surface area contributed by atoms with E-state index in [9.17, 15) is 4.79 Å². The van der Waals surface area contributed by atoms with Crippen molar-refractivity contribution >= 4 is 5.91 Å². The van der Waals surface area contributed by atoms with Gasteiger partial charge in [0.2, 0.25) is 5.91 Å². The molecule has 1 aliphatic heterocycles. The van der Waals surface area contributed by atoms with Crippen LogP contribution in [0.1, 0.15) is 36.8 Å². The van der Waals surface area contributed by atoms with Crippen molar-refractivity contribution in [2.75, 3.05) is 20.2 Å². The Labute approximate surface area is 166 Å². The lowest BCUT2D eigenvalue weighted by molar-refractivity contribution is -0.121. The average molecular weight is 383 g/mol. The van der Waals surface area contributed by atoms with Crippen LogP contribution in [0.2, 0.25) is 0 Å². The number of hydrogen-bond donors (Lipinski definition) is 2. The number of aromatic nitrogens is 1. The van der Waals surface area contributed by atoms with E-state index in [1.165, 1.54) is 12.8 Å². The van der Waals surface area contributed by atoms with Gasteiger partial charge in [-0.2, -0.15) is 0 Å². The van der Waals surface area contributed by atoms with E-state index in [0.717, 1.165) is 30.6 Å². The molecule has 0 spiro atoms. The van der Waals surface area contributed by atoms with Crippen molar-refractivity contribution in [1.82, 2.24) is 15.6 Å². The highest BCUT2D eigenvalue weighted by molar-refractivity contribution is 5.75. The number of carbonyl (C=O) groups excluding carboxylic acids is 1. The molecule has 150 valence electrons. The first-order chi connectivity index (χ1) is 13.7. The minimum Gasteiger partial charge on any atom is -0.493 e. The molecule has 1 aromatic heterocycles. The van der Waals surface area contributed by atoms with Gasteiger partial charge >= 0.3 is 0 Å². The number of methoxy groups -OCH3 is 1. The minimum absolute atomic E-state index is 0.106. The van der Waals surface area contributed by atoms with Crippen molar-refractivity contribution in [3.63, 3.8) is 0 Å². The van der Waals surface area contributed by atoms with Gasteiger partial charge in [-0.15, -0.1) is 0 Å². The van der Waals surface area contributed by atoms with Crippen LogP contribution in [0, 0.1) is 5.92 Å². The van der Waals surface area contributed by atoms with Gasteiger partial charge in [0.1, 0.15) is 6.61 Å². The van der Waals surface area contributed by atoms with Crippen LogP contribution in [0.4, 0.5) is 0 Å². The molecule has 1 saturated heterocycles. The molecule has 0 aliphatic carbocycles. The minimum atomic E-state index is 0.106. The van der Waals surface area contributed by atoms with Crippen LogP contribution in [-0.4, -0.2) is 31.1 Å². The maximum absolute atomic E-state index is 12.2. The zero-order valence-corrected chi connectivity index (χ0v) is 16.4. The van der Waals surface area contributed by atoms with E-state index in [1.54, 1.807) is 19.5 Å². The predicted octanol–water partition coefficient (Wildman–Crippen LogP) is 3.07. The number of ether oxygens (including phenoxy) is 2. The SMILES string of the molecule is COc1cc(CNC(=O)CCC2CCNCC2)ccc1OCc1cccnc1. The maximum Gasteiger partial charge on any atom is 0.220 e. The highest BCUT2D eigenvalue weighted by atomic mass is 16.5. The van der Waals surface area contributed by atoms with Crippen molar-refractivity contribution in [3.05, 3.63) is 53.9 Å². The zero-order valence-electron chi connectivity index (χ0n) is 16.4. The highest BCUT2D eigenvalue weighted by Crippen LogP contribution is 2.29. The first-order valence-electron chi connectivity index (χ1n) is 9.90. The molecular formula is C22H29N3O3. The molecule has 1 fully saturated rings. The molecule has 0 unspecified atom stereocenters. The molecule has 2 aromatic rings. The Morgan fingerprint density at radius 3 is 2.82 bits per heavy atom. The Morgan fingerprint density at radius 1 is 1.21 bits per heavy atom. The molecule has 0 radical (unpaired) electrons. The van der Waals surface area contributed by atoms with E-state index in [4.69, 9.17) is 9.47 Å². The van der Waals surface area contributed by atoms with Crippen molar-refractivity contribution in [2.24, 2.45) is 5.92 Å². The summed E-state index contributed by atoms with van der Waals surface area (Å²) in [6.07, 6.45) is 7.42. The van der Waals surface area contributed by atoms with Crippen LogP contribution in [0.3, 0.4) is 0 Å². The summed E-state index contributed by atoms with van der Waals surface area (Å²) in [5, 5.41) is 6.36. The number of benzene rings is 1. The summed E-state index contributed by atoms with van der Waals surface area (Å²) < 4.78 is 11.3. The lowest BCUT2D eigenvalue weighted by atomic mass is 9.93. The molecule has 0 saturated carbocycles. The Morgan fingerprint density at radius 2 is 2.07 bits per heavy atom. The second kappa shape index (κ2) is 10.7. The van der Waals surface area contributed by atoms with Crippen molar-refractivity contribution in [3.8, 4) is 11.5 Å². The maximum atomic E-state index is 12.2. The molecule has 6 heteroatoms. The number of rotatable bonds is 9. The quantitative estimate of drug-likeness (QED) is 0.696. The van der Waals surface area contributed by atoms with E-state index in [-0.39, 0.29) is 5.91 Å². The van der Waals surface area contributed by atoms with E-state index in [0.29, 0.717) is 37.0 Å². The standard InChI is InChI=1S/C22H29N3O3/c1-27-21-13-18(4-6-20(21)28-16-19-3-2-10-24-14-19)15-25-22(26)7-5-17-8-11-23-12-9-17/h2-4,6,10,13-14,17,23H,5,7-9,11-12,15-16H2,1H3,(H,25,26). The van der Waals surface area contributed by atoms with Crippen LogP contribution < -0.4 is 20.1 Å². The summed E-state index contributed by atoms with van der Waals surface area (Å²) in [7, 11) is 1.62. The fraction of sp³-hybridized carbons (Fsp3) is 0.455. The number of nitrogens with one attached hydrogen (secondary N) is 2. The van der Waals surface area contributed by atoms with Gasteiger partial charge in [0.15, 0.2) is 11.5 Å². The second-order valence-corrected chi connectivity index (χ2v) is 7.14. The van der Waals surface area contributed by atoms with Gasteiger partial charge in [0.25, 0.3) is 0 Å². The molecule has 28 heavy (non-hydrogen) atoms. The third-order valence-electron chi connectivity index (χ3n) is 5.07. The molecule has 6 nitrogen and oxygen atoms in total. The number of pyridine rings is 1. The summed E-state index contributed by atoms with van der Waals surface area (Å²) in [4.78, 5) is 16.2. The topological polar surface area (TPSA) is 72.5 Å². The monoisotopic (exact) mass is 383 g/mol. The number of hydrogen-bond acceptors (Lipinski definition) is 5. The summed E-state index contributed by atoms with van der Waals surface area (Å²) in [5.74, 6) is 2.11. The fourth-order valence-electron chi connectivity index (χ4n) is 3.38. The molecule has 2 N–H and O–H groups in total. The molecule has 1 aliphatic rings. The highest BCUT2D eigenvalue weighted by Gasteiger charge is 2.14. The summed E-state index contributed by atoms with van der Waals surface area (Å²) in [6.45, 7) is 3.06. The first-order valence-corrected chi connectivity index (χ1v) is 9.90. The van der Waals surface area contributed by atoms with E-state index in [2.05, 4.69) is 15.6 Å². The number of piperidine rings is 1. The summed E-state index contributed by atoms with van der Waals surface area (Å²) in [6, 6.07) is 9.59. The normalized spacial score (nSPS) is 14.5. The first kappa shape index (κ1) is 20.1. The number of amides is 1. The fourth-order valence-corrected chi connectivity index (χ4v) is 3.38. The molecule has 1 aromatic carbocycles. The third kappa shape index (κ3) is 6.23. The Balaban J connectivity index is 1.46. The molecule has 0 bridgehead atoms. The third-order valence-corrected chi connectivity index (χ3v) is 5.07. The van der Waals surface area contributed by atoms with Gasteiger partial charge in [0.05, 0.1) is 7.11 Å². The average Bonchev–Trinajstić information content (AvgIpc) is 2.76. The van der Waals surface area contributed by atoms with Gasteiger partial charge in [-0.3, -0.25) is 9.78 Å². The van der Waals surface area contributed by atoms with Crippen molar-refractivity contribution in [2.45, 2.75) is 38.8 Å². The van der Waals surface area contributed by atoms with E-state index in [1.807, 2.05) is 30.3 Å². The molecule has 0 atom stereocenters. The molecule has 1 amide bonds. The Kier molecular flexibility index (Phi) is 7.67. The summed E-state index contributed by atoms with van der Waals surface area (Å²) >= 11 is 0. The lowest BCUT2D eigenvalue weighted by Crippen LogP contribution is -2.29.